The Morgan fingerprint density at radius 2 is 2.05 bits per heavy atom. The normalized spacial score (nSPS) is 26.8. The van der Waals surface area contributed by atoms with Crippen molar-refractivity contribution in [1.82, 2.24) is 5.32 Å². The van der Waals surface area contributed by atoms with Crippen LogP contribution in [0, 0.1) is 0 Å². The van der Waals surface area contributed by atoms with Gasteiger partial charge in [0.1, 0.15) is 6.10 Å². The van der Waals surface area contributed by atoms with Crippen LogP contribution in [0.3, 0.4) is 0 Å². The Hall–Kier alpha value is -0.940. The van der Waals surface area contributed by atoms with Crippen LogP contribution < -0.4 is 5.32 Å². The fraction of sp³-hybridized carbons (Fsp3) is 0.625. The van der Waals surface area contributed by atoms with Crippen LogP contribution in [0.2, 0.25) is 0 Å². The smallest absolute Gasteiger partial charge is 0.102 e. The van der Waals surface area contributed by atoms with Crippen molar-refractivity contribution in [1.29, 1.82) is 0 Å². The minimum absolute atomic E-state index is 0.0214. The molecule has 2 aliphatic rings. The molecule has 0 saturated carbocycles. The summed E-state index contributed by atoms with van der Waals surface area (Å²) in [5.41, 5.74) is 0.927. The Bertz CT molecular complexity index is 417. The Balaban J connectivity index is 1.48. The van der Waals surface area contributed by atoms with Crippen LogP contribution in [-0.4, -0.2) is 43.1 Å². The van der Waals surface area contributed by atoms with Crippen LogP contribution >= 0.6 is 0 Å². The zero-order chi connectivity index (χ0) is 13.8. The summed E-state index contributed by atoms with van der Waals surface area (Å²) in [4.78, 5) is 0. The van der Waals surface area contributed by atoms with E-state index in [0.717, 1.165) is 37.9 Å². The second kappa shape index (κ2) is 6.22. The maximum absolute atomic E-state index is 10.1. The van der Waals surface area contributed by atoms with Crippen LogP contribution in [0.4, 0.5) is 0 Å². The van der Waals surface area contributed by atoms with Crippen molar-refractivity contribution < 1.29 is 14.6 Å². The summed E-state index contributed by atoms with van der Waals surface area (Å²) < 4.78 is 11.8. The van der Waals surface area contributed by atoms with Gasteiger partial charge in [0.25, 0.3) is 0 Å². The number of nitrogens with one attached hydrogen (secondary N) is 1. The number of piperidine rings is 1. The minimum atomic E-state index is -0.555. The Labute approximate surface area is 120 Å². The fourth-order valence-electron chi connectivity index (χ4n) is 3.14. The van der Waals surface area contributed by atoms with E-state index >= 15 is 0 Å². The first kappa shape index (κ1) is 14.0. The first-order valence-electron chi connectivity index (χ1n) is 7.47. The van der Waals surface area contributed by atoms with E-state index in [4.69, 9.17) is 9.47 Å². The van der Waals surface area contributed by atoms with Crippen molar-refractivity contribution in [2.24, 2.45) is 0 Å². The quantitative estimate of drug-likeness (QED) is 0.878. The first-order chi connectivity index (χ1) is 9.77. The van der Waals surface area contributed by atoms with E-state index in [2.05, 4.69) is 5.32 Å². The summed E-state index contributed by atoms with van der Waals surface area (Å²) in [6.07, 6.45) is 2.64. The molecule has 4 heteroatoms. The average Bonchev–Trinajstić information content (AvgIpc) is 2.89. The topological polar surface area (TPSA) is 50.7 Å². The summed E-state index contributed by atoms with van der Waals surface area (Å²) in [5, 5.41) is 13.5. The maximum atomic E-state index is 10.1. The molecule has 4 nitrogen and oxygen atoms in total. The minimum Gasteiger partial charge on any atom is -0.386 e. The standard InChI is InChI=1S/C16H23NO3/c18-15(13-4-2-1-3-5-13)12-19-14-10-16(20-11-14)6-8-17-9-7-16/h1-5,14-15,17-18H,6-12H2. The monoisotopic (exact) mass is 277 g/mol. The molecule has 2 aliphatic heterocycles. The van der Waals surface area contributed by atoms with Gasteiger partial charge in [-0.2, -0.15) is 0 Å². The number of hydrogen-bond donors (Lipinski definition) is 2. The number of hydrogen-bond acceptors (Lipinski definition) is 4. The number of rotatable bonds is 4. The lowest BCUT2D eigenvalue weighted by atomic mass is 9.89. The van der Waals surface area contributed by atoms with Gasteiger partial charge in [-0.1, -0.05) is 30.3 Å². The highest BCUT2D eigenvalue weighted by molar-refractivity contribution is 5.17. The van der Waals surface area contributed by atoms with Gasteiger partial charge in [-0.05, 0) is 31.5 Å². The molecule has 0 aromatic heterocycles. The predicted molar refractivity (Wildman–Crippen MR) is 76.5 cm³/mol. The Morgan fingerprint density at radius 3 is 2.80 bits per heavy atom. The molecule has 0 bridgehead atoms. The molecule has 2 heterocycles. The van der Waals surface area contributed by atoms with Crippen molar-refractivity contribution in [2.75, 3.05) is 26.3 Å². The van der Waals surface area contributed by atoms with E-state index in [0.29, 0.717) is 13.2 Å². The molecule has 3 rings (SSSR count). The number of aliphatic hydroxyl groups excluding tert-OH is 1. The lowest BCUT2D eigenvalue weighted by Crippen LogP contribution is -2.41. The number of aliphatic hydroxyl groups is 1. The summed E-state index contributed by atoms with van der Waals surface area (Å²) in [6.45, 7) is 3.05. The second-order valence-corrected chi connectivity index (χ2v) is 5.83. The lowest BCUT2D eigenvalue weighted by molar-refractivity contribution is -0.0301. The highest BCUT2D eigenvalue weighted by Gasteiger charge is 2.41. The van der Waals surface area contributed by atoms with Crippen LogP contribution in [0.5, 0.6) is 0 Å². The van der Waals surface area contributed by atoms with Gasteiger partial charge in [-0.3, -0.25) is 0 Å². The summed E-state index contributed by atoms with van der Waals surface area (Å²) >= 11 is 0. The predicted octanol–water partition coefficient (Wildman–Crippen LogP) is 1.65. The van der Waals surface area contributed by atoms with Gasteiger partial charge >= 0.3 is 0 Å². The molecule has 0 radical (unpaired) electrons. The van der Waals surface area contributed by atoms with Gasteiger partial charge in [0.2, 0.25) is 0 Å². The van der Waals surface area contributed by atoms with Gasteiger partial charge < -0.3 is 19.9 Å². The Morgan fingerprint density at radius 1 is 1.30 bits per heavy atom. The van der Waals surface area contributed by atoms with Gasteiger partial charge in [0.05, 0.1) is 24.9 Å². The molecule has 2 fully saturated rings. The van der Waals surface area contributed by atoms with Crippen LogP contribution in [0.15, 0.2) is 30.3 Å². The van der Waals surface area contributed by atoms with Gasteiger partial charge in [-0.25, -0.2) is 0 Å². The van der Waals surface area contributed by atoms with Gasteiger partial charge in [0, 0.05) is 6.42 Å². The highest BCUT2D eigenvalue weighted by atomic mass is 16.6. The van der Waals surface area contributed by atoms with Crippen LogP contribution in [0.1, 0.15) is 30.9 Å². The highest BCUT2D eigenvalue weighted by Crippen LogP contribution is 2.35. The van der Waals surface area contributed by atoms with E-state index in [1.54, 1.807) is 0 Å². The molecule has 0 amide bonds. The molecule has 2 unspecified atom stereocenters. The van der Waals surface area contributed by atoms with Crippen molar-refractivity contribution >= 4 is 0 Å². The van der Waals surface area contributed by atoms with E-state index < -0.39 is 6.10 Å². The lowest BCUT2D eigenvalue weighted by Gasteiger charge is -2.32. The first-order valence-corrected chi connectivity index (χ1v) is 7.47. The van der Waals surface area contributed by atoms with E-state index in [-0.39, 0.29) is 11.7 Å². The van der Waals surface area contributed by atoms with Crippen molar-refractivity contribution in [3.05, 3.63) is 35.9 Å². The van der Waals surface area contributed by atoms with Crippen molar-refractivity contribution in [2.45, 2.75) is 37.1 Å². The molecule has 1 spiro atoms. The van der Waals surface area contributed by atoms with Crippen LogP contribution in [0.25, 0.3) is 0 Å². The number of ether oxygens (including phenoxy) is 2. The zero-order valence-electron chi connectivity index (χ0n) is 11.8. The molecule has 2 saturated heterocycles. The third kappa shape index (κ3) is 3.20. The molecule has 2 N–H and O–H groups in total. The maximum Gasteiger partial charge on any atom is 0.102 e. The fourth-order valence-corrected chi connectivity index (χ4v) is 3.14. The SMILES string of the molecule is OC(COC1COC2(CCNCC2)C1)c1ccccc1. The largest absolute Gasteiger partial charge is 0.386 e. The van der Waals surface area contributed by atoms with E-state index in [9.17, 15) is 5.11 Å². The molecule has 20 heavy (non-hydrogen) atoms. The van der Waals surface area contributed by atoms with Gasteiger partial charge in [-0.15, -0.1) is 0 Å². The third-order valence-electron chi connectivity index (χ3n) is 4.36. The molecule has 1 aromatic rings. The molecule has 0 aliphatic carbocycles. The second-order valence-electron chi connectivity index (χ2n) is 5.83. The molecular weight excluding hydrogens is 254 g/mol. The zero-order valence-corrected chi connectivity index (χ0v) is 11.8. The van der Waals surface area contributed by atoms with Crippen molar-refractivity contribution in [3.63, 3.8) is 0 Å². The number of benzene rings is 1. The summed E-state index contributed by atoms with van der Waals surface area (Å²) in [5.74, 6) is 0. The summed E-state index contributed by atoms with van der Waals surface area (Å²) in [7, 11) is 0. The van der Waals surface area contributed by atoms with Crippen molar-refractivity contribution in [3.8, 4) is 0 Å². The molecular formula is C16H23NO3. The average molecular weight is 277 g/mol. The third-order valence-corrected chi connectivity index (χ3v) is 4.36. The molecule has 1 aromatic carbocycles. The molecule has 110 valence electrons. The van der Waals surface area contributed by atoms with E-state index in [1.165, 1.54) is 0 Å². The van der Waals surface area contributed by atoms with E-state index in [1.807, 2.05) is 30.3 Å². The summed E-state index contributed by atoms with van der Waals surface area (Å²) in [6, 6.07) is 9.66. The van der Waals surface area contributed by atoms with Gasteiger partial charge in [0.15, 0.2) is 0 Å². The van der Waals surface area contributed by atoms with Crippen LogP contribution in [-0.2, 0) is 9.47 Å². The molecule has 2 atom stereocenters. The Kier molecular flexibility index (Phi) is 4.36.